The summed E-state index contributed by atoms with van der Waals surface area (Å²) in [5, 5.41) is 9.17. The fraction of sp³-hybridized carbons (Fsp3) is 0.304. The number of amides is 2. The van der Waals surface area contributed by atoms with Crippen LogP contribution in [-0.4, -0.2) is 67.1 Å². The number of nitrogens with zero attached hydrogens (tertiary/aromatic N) is 2. The minimum absolute atomic E-state index is 0.0128. The standard InChI is InChI=1S/C23H25N3O7S/c1-2-3-15-32-19-9-11-20(12-10-19)34(30,31)26-14-13-25(16-21(26)22(27)24-29)23(28)33-17-18-7-5-4-6-8-18/h4-12,21,29H,13-17H2,1H3,(H,24,27). The Kier molecular flexibility index (Phi) is 8.48. The third-order valence-corrected chi connectivity index (χ3v) is 7.05. The van der Waals surface area contributed by atoms with Crippen LogP contribution >= 0.6 is 0 Å². The number of sulfonamides is 1. The molecule has 1 fully saturated rings. The maximum absolute atomic E-state index is 13.2. The summed E-state index contributed by atoms with van der Waals surface area (Å²) < 4.78 is 38.1. The van der Waals surface area contributed by atoms with Crippen LogP contribution in [0.15, 0.2) is 59.5 Å². The first-order chi connectivity index (χ1) is 16.4. The van der Waals surface area contributed by atoms with E-state index in [1.165, 1.54) is 34.6 Å². The van der Waals surface area contributed by atoms with E-state index in [1.807, 2.05) is 18.2 Å². The second kappa shape index (κ2) is 11.5. The van der Waals surface area contributed by atoms with Crippen LogP contribution in [0.5, 0.6) is 5.75 Å². The Morgan fingerprint density at radius 2 is 1.82 bits per heavy atom. The third kappa shape index (κ3) is 6.05. The first-order valence-electron chi connectivity index (χ1n) is 10.4. The van der Waals surface area contributed by atoms with Crippen molar-refractivity contribution < 1.29 is 32.7 Å². The van der Waals surface area contributed by atoms with Crippen LogP contribution in [0.4, 0.5) is 4.79 Å². The van der Waals surface area contributed by atoms with Gasteiger partial charge >= 0.3 is 6.09 Å². The average molecular weight is 488 g/mol. The molecule has 2 amide bonds. The average Bonchev–Trinajstić information content (AvgIpc) is 2.87. The highest BCUT2D eigenvalue weighted by Gasteiger charge is 2.41. The topological polar surface area (TPSA) is 125 Å². The fourth-order valence-corrected chi connectivity index (χ4v) is 4.92. The summed E-state index contributed by atoms with van der Waals surface area (Å²) in [6, 6.07) is 13.4. The SMILES string of the molecule is CC#CCOc1ccc(S(=O)(=O)N2CCN(C(=O)OCc3ccccc3)CC2C(=O)NO)cc1. The molecule has 10 nitrogen and oxygen atoms in total. The number of carbonyl (C=O) groups excluding carboxylic acids is 2. The van der Waals surface area contributed by atoms with Crippen LogP contribution in [-0.2, 0) is 26.2 Å². The number of rotatable bonds is 7. The van der Waals surface area contributed by atoms with Gasteiger partial charge in [-0.1, -0.05) is 36.3 Å². The highest BCUT2D eigenvalue weighted by atomic mass is 32.2. The molecule has 11 heteroatoms. The largest absolute Gasteiger partial charge is 0.481 e. The monoisotopic (exact) mass is 487 g/mol. The van der Waals surface area contributed by atoms with Gasteiger partial charge in [0.05, 0.1) is 4.90 Å². The van der Waals surface area contributed by atoms with Gasteiger partial charge in [0.25, 0.3) is 5.91 Å². The molecule has 34 heavy (non-hydrogen) atoms. The summed E-state index contributed by atoms with van der Waals surface area (Å²) in [5.41, 5.74) is 2.27. The second-order valence-corrected chi connectivity index (χ2v) is 9.17. The van der Waals surface area contributed by atoms with E-state index in [0.29, 0.717) is 5.75 Å². The second-order valence-electron chi connectivity index (χ2n) is 7.28. The van der Waals surface area contributed by atoms with E-state index in [1.54, 1.807) is 19.1 Å². The first kappa shape index (κ1) is 25.0. The van der Waals surface area contributed by atoms with Crippen molar-refractivity contribution in [1.29, 1.82) is 0 Å². The molecule has 1 saturated heterocycles. The molecule has 0 saturated carbocycles. The quantitative estimate of drug-likeness (QED) is 0.345. The molecule has 0 aliphatic carbocycles. The Labute approximate surface area is 198 Å². The molecule has 1 atom stereocenters. The zero-order chi connectivity index (χ0) is 24.6. The van der Waals surface area contributed by atoms with E-state index in [0.717, 1.165) is 9.87 Å². The van der Waals surface area contributed by atoms with Crippen molar-refractivity contribution in [2.45, 2.75) is 24.5 Å². The molecule has 0 bridgehead atoms. The van der Waals surface area contributed by atoms with Crippen molar-refractivity contribution >= 4 is 22.0 Å². The molecule has 0 aromatic heterocycles. The number of nitrogens with one attached hydrogen (secondary N) is 1. The number of carbonyl (C=O) groups is 2. The molecule has 1 aliphatic heterocycles. The zero-order valence-electron chi connectivity index (χ0n) is 18.5. The number of hydrogen-bond donors (Lipinski definition) is 2. The van der Waals surface area contributed by atoms with E-state index in [9.17, 15) is 23.2 Å². The lowest BCUT2D eigenvalue weighted by atomic mass is 10.2. The summed E-state index contributed by atoms with van der Waals surface area (Å²) in [6.45, 7) is 1.46. The minimum Gasteiger partial charge on any atom is -0.481 e. The molecule has 1 unspecified atom stereocenters. The summed E-state index contributed by atoms with van der Waals surface area (Å²) in [6.07, 6.45) is -0.687. The van der Waals surface area contributed by atoms with Gasteiger partial charge in [-0.25, -0.2) is 18.7 Å². The smallest absolute Gasteiger partial charge is 0.410 e. The van der Waals surface area contributed by atoms with Crippen molar-refractivity contribution in [1.82, 2.24) is 14.7 Å². The van der Waals surface area contributed by atoms with E-state index in [4.69, 9.17) is 9.47 Å². The van der Waals surface area contributed by atoms with Crippen molar-refractivity contribution in [3.05, 3.63) is 60.2 Å². The molecule has 2 aromatic rings. The maximum atomic E-state index is 13.2. The lowest BCUT2D eigenvalue weighted by Gasteiger charge is -2.38. The predicted octanol–water partition coefficient (Wildman–Crippen LogP) is 1.61. The number of hydroxylamine groups is 1. The number of piperazine rings is 1. The Morgan fingerprint density at radius 3 is 2.47 bits per heavy atom. The van der Waals surface area contributed by atoms with Crippen LogP contribution in [0.25, 0.3) is 0 Å². The third-order valence-electron chi connectivity index (χ3n) is 5.13. The highest BCUT2D eigenvalue weighted by molar-refractivity contribution is 7.89. The molecule has 3 rings (SSSR count). The fourth-order valence-electron chi connectivity index (χ4n) is 3.35. The number of ether oxygens (including phenoxy) is 2. The summed E-state index contributed by atoms with van der Waals surface area (Å²) in [7, 11) is -4.11. The van der Waals surface area contributed by atoms with Crippen LogP contribution in [0.3, 0.4) is 0 Å². The van der Waals surface area contributed by atoms with Crippen molar-refractivity contribution in [2.24, 2.45) is 0 Å². The maximum Gasteiger partial charge on any atom is 0.410 e. The highest BCUT2D eigenvalue weighted by Crippen LogP contribution is 2.24. The lowest BCUT2D eigenvalue weighted by Crippen LogP contribution is -2.61. The number of hydrogen-bond acceptors (Lipinski definition) is 7. The summed E-state index contributed by atoms with van der Waals surface area (Å²) in [5.74, 6) is 4.92. The Balaban J connectivity index is 1.71. The van der Waals surface area contributed by atoms with E-state index in [-0.39, 0.29) is 37.7 Å². The normalized spacial score (nSPS) is 16.2. The Hall–Kier alpha value is -3.59. The van der Waals surface area contributed by atoms with E-state index in [2.05, 4.69) is 11.8 Å². The van der Waals surface area contributed by atoms with Gasteiger partial charge in [0.15, 0.2) is 0 Å². The van der Waals surface area contributed by atoms with Crippen LogP contribution in [0.2, 0.25) is 0 Å². The Morgan fingerprint density at radius 1 is 1.12 bits per heavy atom. The molecular formula is C23H25N3O7S. The minimum atomic E-state index is -4.11. The molecule has 1 aliphatic rings. The molecule has 2 aromatic carbocycles. The molecule has 1 heterocycles. The molecule has 0 spiro atoms. The number of benzene rings is 2. The van der Waals surface area contributed by atoms with Gasteiger partial charge in [-0.05, 0) is 36.8 Å². The van der Waals surface area contributed by atoms with Crippen molar-refractivity contribution in [3.8, 4) is 17.6 Å². The molecule has 0 radical (unpaired) electrons. The summed E-state index contributed by atoms with van der Waals surface area (Å²) in [4.78, 5) is 26.0. The zero-order valence-corrected chi connectivity index (χ0v) is 19.3. The van der Waals surface area contributed by atoms with E-state index < -0.39 is 28.1 Å². The van der Waals surface area contributed by atoms with Gasteiger partial charge < -0.3 is 14.4 Å². The Bertz CT molecular complexity index is 1160. The van der Waals surface area contributed by atoms with E-state index >= 15 is 0 Å². The van der Waals surface area contributed by atoms with Gasteiger partial charge in [-0.2, -0.15) is 4.31 Å². The molecule has 2 N–H and O–H groups in total. The van der Waals surface area contributed by atoms with Crippen LogP contribution < -0.4 is 10.2 Å². The van der Waals surface area contributed by atoms with Gasteiger partial charge in [-0.3, -0.25) is 10.0 Å². The van der Waals surface area contributed by atoms with Gasteiger partial charge in [-0.15, -0.1) is 5.92 Å². The molecule has 180 valence electrons. The van der Waals surface area contributed by atoms with Crippen LogP contribution in [0.1, 0.15) is 12.5 Å². The van der Waals surface area contributed by atoms with Crippen molar-refractivity contribution in [3.63, 3.8) is 0 Å². The predicted molar refractivity (Wildman–Crippen MR) is 121 cm³/mol. The first-order valence-corrected chi connectivity index (χ1v) is 11.8. The summed E-state index contributed by atoms with van der Waals surface area (Å²) >= 11 is 0. The van der Waals surface area contributed by atoms with Crippen molar-refractivity contribution in [2.75, 3.05) is 26.2 Å². The van der Waals surface area contributed by atoms with Gasteiger partial charge in [0.1, 0.15) is 25.0 Å². The lowest BCUT2D eigenvalue weighted by molar-refractivity contribution is -0.134. The van der Waals surface area contributed by atoms with Gasteiger partial charge in [0, 0.05) is 19.6 Å². The van der Waals surface area contributed by atoms with Gasteiger partial charge in [0.2, 0.25) is 10.0 Å². The van der Waals surface area contributed by atoms with Crippen LogP contribution in [0, 0.1) is 11.8 Å². The molecular weight excluding hydrogens is 462 g/mol.